The first-order valence-electron chi connectivity index (χ1n) is 3.56. The summed E-state index contributed by atoms with van der Waals surface area (Å²) in [7, 11) is -2.33. The predicted octanol–water partition coefficient (Wildman–Crippen LogP) is 0.964. The zero-order valence-corrected chi connectivity index (χ0v) is 8.89. The molecule has 1 rings (SSSR count). The maximum absolute atomic E-state index is 10.7. The molecule has 14 heavy (non-hydrogen) atoms. The second-order valence-corrected chi connectivity index (χ2v) is 4.20. The number of benzene rings is 1. The van der Waals surface area contributed by atoms with Gasteiger partial charge in [-0.25, -0.2) is 5.14 Å². The lowest BCUT2D eigenvalue weighted by Crippen LogP contribution is -2.21. The summed E-state index contributed by atoms with van der Waals surface area (Å²) < 4.78 is 28.3. The molecule has 0 aliphatic carbocycles. The number of rotatable bonds is 3. The topological polar surface area (TPSA) is 81.4 Å². The van der Waals surface area contributed by atoms with E-state index in [0.29, 0.717) is 16.5 Å². The van der Waals surface area contributed by atoms with Crippen LogP contribution in [0.3, 0.4) is 0 Å². The van der Waals surface area contributed by atoms with Crippen LogP contribution in [0.2, 0.25) is 5.02 Å². The van der Waals surface area contributed by atoms with Crippen molar-refractivity contribution in [3.63, 3.8) is 0 Å². The Morgan fingerprint density at radius 3 is 2.64 bits per heavy atom. The first-order chi connectivity index (χ1) is 6.42. The van der Waals surface area contributed by atoms with Gasteiger partial charge in [-0.1, -0.05) is 11.6 Å². The van der Waals surface area contributed by atoms with Crippen LogP contribution in [0, 0.1) is 0 Å². The van der Waals surface area contributed by atoms with Crippen molar-refractivity contribution >= 4 is 27.5 Å². The molecule has 0 aliphatic rings. The third-order valence-electron chi connectivity index (χ3n) is 1.41. The Morgan fingerprint density at radius 2 is 2.14 bits per heavy atom. The largest absolute Gasteiger partial charge is 0.495 e. The van der Waals surface area contributed by atoms with E-state index in [1.165, 1.54) is 25.3 Å². The third kappa shape index (κ3) is 3.06. The van der Waals surface area contributed by atoms with Gasteiger partial charge in [-0.3, -0.25) is 4.72 Å². The van der Waals surface area contributed by atoms with E-state index in [2.05, 4.69) is 4.72 Å². The number of methoxy groups -OCH3 is 1. The molecule has 1 aromatic rings. The molecule has 0 saturated heterocycles. The van der Waals surface area contributed by atoms with E-state index < -0.39 is 10.2 Å². The van der Waals surface area contributed by atoms with Gasteiger partial charge in [-0.15, -0.1) is 0 Å². The molecule has 0 unspecified atom stereocenters. The van der Waals surface area contributed by atoms with E-state index in [-0.39, 0.29) is 0 Å². The van der Waals surface area contributed by atoms with Crippen molar-refractivity contribution in [3.8, 4) is 5.75 Å². The molecule has 0 aromatic heterocycles. The van der Waals surface area contributed by atoms with E-state index >= 15 is 0 Å². The third-order valence-corrected chi connectivity index (χ3v) is 2.24. The van der Waals surface area contributed by atoms with Gasteiger partial charge in [-0.05, 0) is 12.1 Å². The number of hydrogen-bond donors (Lipinski definition) is 2. The van der Waals surface area contributed by atoms with Crippen molar-refractivity contribution in [2.75, 3.05) is 11.8 Å². The van der Waals surface area contributed by atoms with Gasteiger partial charge < -0.3 is 4.74 Å². The van der Waals surface area contributed by atoms with Crippen LogP contribution in [0.5, 0.6) is 5.75 Å². The minimum Gasteiger partial charge on any atom is -0.495 e. The molecule has 0 atom stereocenters. The van der Waals surface area contributed by atoms with Crippen molar-refractivity contribution in [1.29, 1.82) is 0 Å². The zero-order chi connectivity index (χ0) is 10.8. The van der Waals surface area contributed by atoms with Crippen molar-refractivity contribution in [1.82, 2.24) is 0 Å². The number of nitrogens with one attached hydrogen (secondary N) is 1. The number of ether oxygens (including phenoxy) is 1. The molecule has 5 nitrogen and oxygen atoms in total. The molecule has 78 valence electrons. The maximum atomic E-state index is 10.7. The summed E-state index contributed by atoms with van der Waals surface area (Å²) in [6.45, 7) is 0. The number of anilines is 1. The van der Waals surface area contributed by atoms with Crippen molar-refractivity contribution in [2.45, 2.75) is 0 Å². The van der Waals surface area contributed by atoms with Gasteiger partial charge in [0.1, 0.15) is 5.75 Å². The van der Waals surface area contributed by atoms with Crippen LogP contribution >= 0.6 is 11.6 Å². The highest BCUT2D eigenvalue weighted by molar-refractivity contribution is 7.90. The Labute approximate surface area is 87.0 Å². The van der Waals surface area contributed by atoms with E-state index in [1.54, 1.807) is 0 Å². The monoisotopic (exact) mass is 236 g/mol. The summed E-state index contributed by atoms with van der Waals surface area (Å²) in [4.78, 5) is 0. The van der Waals surface area contributed by atoms with Crippen molar-refractivity contribution < 1.29 is 13.2 Å². The average molecular weight is 237 g/mol. The lowest BCUT2D eigenvalue weighted by molar-refractivity contribution is 0.415. The molecule has 0 heterocycles. The zero-order valence-electron chi connectivity index (χ0n) is 7.32. The first-order valence-corrected chi connectivity index (χ1v) is 5.49. The van der Waals surface area contributed by atoms with E-state index in [0.717, 1.165) is 0 Å². The second-order valence-electron chi connectivity index (χ2n) is 2.50. The molecule has 3 N–H and O–H groups in total. The summed E-state index contributed by atoms with van der Waals surface area (Å²) in [6, 6.07) is 4.43. The second kappa shape index (κ2) is 4.04. The molecule has 0 amide bonds. The summed E-state index contributed by atoms with van der Waals surface area (Å²) in [5.41, 5.74) is 0.300. The van der Waals surface area contributed by atoms with Gasteiger partial charge in [-0.2, -0.15) is 8.42 Å². The first kappa shape index (κ1) is 11.1. The molecule has 0 fully saturated rings. The molecule has 0 saturated carbocycles. The Balaban J connectivity index is 3.01. The van der Waals surface area contributed by atoms with Crippen LogP contribution in [0.25, 0.3) is 0 Å². The van der Waals surface area contributed by atoms with Crippen molar-refractivity contribution in [3.05, 3.63) is 23.2 Å². The van der Waals surface area contributed by atoms with Gasteiger partial charge in [0.05, 0.1) is 17.8 Å². The predicted molar refractivity (Wildman–Crippen MR) is 54.7 cm³/mol. The maximum Gasteiger partial charge on any atom is 0.296 e. The van der Waals surface area contributed by atoms with Gasteiger partial charge in [0.2, 0.25) is 0 Å². The van der Waals surface area contributed by atoms with E-state index in [9.17, 15) is 8.42 Å². The molecule has 0 bridgehead atoms. The highest BCUT2D eigenvalue weighted by Gasteiger charge is 2.05. The van der Waals surface area contributed by atoms with E-state index in [4.69, 9.17) is 21.5 Å². The Hall–Kier alpha value is -0.980. The smallest absolute Gasteiger partial charge is 0.296 e. The SMILES string of the molecule is COc1cc(NS(N)(=O)=O)ccc1Cl. The van der Waals surface area contributed by atoms with Gasteiger partial charge in [0.15, 0.2) is 0 Å². The highest BCUT2D eigenvalue weighted by Crippen LogP contribution is 2.27. The summed E-state index contributed by atoms with van der Waals surface area (Å²) in [6.07, 6.45) is 0. The average Bonchev–Trinajstić information content (AvgIpc) is 2.06. The molecule has 0 radical (unpaired) electrons. The number of hydrogen-bond acceptors (Lipinski definition) is 3. The minimum atomic E-state index is -3.76. The fourth-order valence-corrected chi connectivity index (χ4v) is 1.54. The molecule has 0 spiro atoms. The fourth-order valence-electron chi connectivity index (χ4n) is 0.888. The van der Waals surface area contributed by atoms with Crippen LogP contribution in [0.1, 0.15) is 0 Å². The lowest BCUT2D eigenvalue weighted by atomic mass is 10.3. The molecular weight excluding hydrogens is 228 g/mol. The fraction of sp³-hybridized carbons (Fsp3) is 0.143. The quantitative estimate of drug-likeness (QED) is 0.820. The summed E-state index contributed by atoms with van der Waals surface area (Å²) in [5, 5.41) is 5.18. The highest BCUT2D eigenvalue weighted by atomic mass is 35.5. The Bertz CT molecular complexity index is 433. The number of halogens is 1. The van der Waals surface area contributed by atoms with Gasteiger partial charge in [0, 0.05) is 6.07 Å². The standard InChI is InChI=1S/C7H9ClN2O3S/c1-13-7-4-5(2-3-6(7)8)10-14(9,11)12/h2-4,10H,1H3,(H2,9,11,12). The minimum absolute atomic E-state index is 0.300. The number of nitrogens with two attached hydrogens (primary N) is 1. The summed E-state index contributed by atoms with van der Waals surface area (Å²) >= 11 is 5.73. The lowest BCUT2D eigenvalue weighted by Gasteiger charge is -2.06. The Morgan fingerprint density at radius 1 is 1.50 bits per heavy atom. The van der Waals surface area contributed by atoms with Crippen LogP contribution in [0.15, 0.2) is 18.2 Å². The van der Waals surface area contributed by atoms with E-state index in [1.807, 2.05) is 0 Å². The summed E-state index contributed by atoms with van der Waals surface area (Å²) in [5.74, 6) is 0.375. The molecular formula is C7H9ClN2O3S. The Kier molecular flexibility index (Phi) is 3.20. The van der Waals surface area contributed by atoms with Crippen LogP contribution < -0.4 is 14.6 Å². The van der Waals surface area contributed by atoms with Crippen LogP contribution in [-0.2, 0) is 10.2 Å². The van der Waals surface area contributed by atoms with Crippen LogP contribution in [0.4, 0.5) is 5.69 Å². The molecule has 7 heteroatoms. The van der Waals surface area contributed by atoms with Crippen molar-refractivity contribution in [2.24, 2.45) is 5.14 Å². The van der Waals surface area contributed by atoms with Gasteiger partial charge in [0.25, 0.3) is 10.2 Å². The molecule has 0 aliphatic heterocycles. The van der Waals surface area contributed by atoms with Crippen LogP contribution in [-0.4, -0.2) is 15.5 Å². The molecule has 1 aromatic carbocycles. The van der Waals surface area contributed by atoms with Gasteiger partial charge >= 0.3 is 0 Å². The normalized spacial score (nSPS) is 11.1.